The lowest BCUT2D eigenvalue weighted by Crippen LogP contribution is -2.09. The molecule has 1 unspecified atom stereocenters. The third-order valence-corrected chi connectivity index (χ3v) is 1.48. The first-order chi connectivity index (χ1) is 6.70. The molecule has 0 rings (SSSR count). The molecule has 0 aromatic rings. The predicted octanol–water partition coefficient (Wildman–Crippen LogP) is 3.13. The van der Waals surface area contributed by atoms with Crippen LogP contribution in [0.1, 0.15) is 13.8 Å². The van der Waals surface area contributed by atoms with Crippen molar-refractivity contribution in [1.29, 1.82) is 0 Å². The fourth-order valence-electron chi connectivity index (χ4n) is 0.901. The largest absolute Gasteiger partial charge is 0.325 e. The molecule has 0 aliphatic heterocycles. The van der Waals surface area contributed by atoms with Gasteiger partial charge in [-0.25, -0.2) is 0 Å². The van der Waals surface area contributed by atoms with E-state index in [1.165, 1.54) is 0 Å². The SMILES string of the molecule is C=C/C=C(\C=C/C)/C=C/C=C/C(C)N. The fourth-order valence-corrected chi connectivity index (χ4v) is 0.901. The molecule has 0 saturated carbocycles. The molecule has 0 amide bonds. The molecule has 1 atom stereocenters. The Kier molecular flexibility index (Phi) is 7.48. The smallest absolute Gasteiger partial charge is 0.0197 e. The first-order valence-corrected chi connectivity index (χ1v) is 4.76. The number of hydrogen-bond donors (Lipinski definition) is 1. The zero-order valence-electron chi connectivity index (χ0n) is 8.98. The van der Waals surface area contributed by atoms with E-state index in [4.69, 9.17) is 5.73 Å². The van der Waals surface area contributed by atoms with Crippen molar-refractivity contribution < 1.29 is 0 Å². The number of hydrogen-bond acceptors (Lipinski definition) is 1. The van der Waals surface area contributed by atoms with Crippen molar-refractivity contribution >= 4 is 0 Å². The van der Waals surface area contributed by atoms with Crippen LogP contribution in [0.5, 0.6) is 0 Å². The molecule has 14 heavy (non-hydrogen) atoms. The van der Waals surface area contributed by atoms with Crippen molar-refractivity contribution in [2.75, 3.05) is 0 Å². The third-order valence-electron chi connectivity index (χ3n) is 1.48. The minimum absolute atomic E-state index is 0.105. The second kappa shape index (κ2) is 8.27. The van der Waals surface area contributed by atoms with Crippen molar-refractivity contribution in [2.24, 2.45) is 5.73 Å². The minimum Gasteiger partial charge on any atom is -0.325 e. The molecular weight excluding hydrogens is 170 g/mol. The van der Waals surface area contributed by atoms with E-state index in [1.54, 1.807) is 6.08 Å². The quantitative estimate of drug-likeness (QED) is 0.661. The van der Waals surface area contributed by atoms with Gasteiger partial charge in [0.15, 0.2) is 0 Å². The van der Waals surface area contributed by atoms with Crippen molar-refractivity contribution in [2.45, 2.75) is 19.9 Å². The molecule has 0 spiro atoms. The molecule has 0 aromatic carbocycles. The van der Waals surface area contributed by atoms with Gasteiger partial charge in [-0.05, 0) is 19.4 Å². The number of allylic oxidation sites excluding steroid dienone is 8. The zero-order valence-corrected chi connectivity index (χ0v) is 8.98. The standard InChI is InChI=1S/C13H19N/c1-4-8-13(9-5-2)11-7-6-10-12(3)14/h4-12H,1,14H2,2-3H3/b9-5-,10-6+,11-7+,13-8+. The van der Waals surface area contributed by atoms with E-state index in [-0.39, 0.29) is 6.04 Å². The van der Waals surface area contributed by atoms with Crippen LogP contribution in [-0.2, 0) is 0 Å². The van der Waals surface area contributed by atoms with Crippen LogP contribution in [0.2, 0.25) is 0 Å². The normalized spacial score (nSPS) is 15.8. The maximum atomic E-state index is 5.56. The number of nitrogens with two attached hydrogens (primary N) is 1. The van der Waals surface area contributed by atoms with Crippen LogP contribution < -0.4 is 5.73 Å². The van der Waals surface area contributed by atoms with Gasteiger partial charge in [-0.2, -0.15) is 0 Å². The highest BCUT2D eigenvalue weighted by Crippen LogP contribution is 2.00. The van der Waals surface area contributed by atoms with Crippen LogP contribution >= 0.6 is 0 Å². The summed E-state index contributed by atoms with van der Waals surface area (Å²) in [6.07, 6.45) is 15.6. The van der Waals surface area contributed by atoms with Crippen molar-refractivity contribution in [3.05, 3.63) is 60.8 Å². The molecule has 0 heterocycles. The first-order valence-electron chi connectivity index (χ1n) is 4.76. The molecule has 0 aliphatic carbocycles. The Morgan fingerprint density at radius 2 is 2.00 bits per heavy atom. The van der Waals surface area contributed by atoms with Crippen molar-refractivity contribution in [3.63, 3.8) is 0 Å². The van der Waals surface area contributed by atoms with Crippen molar-refractivity contribution in [1.82, 2.24) is 0 Å². The summed E-state index contributed by atoms with van der Waals surface area (Å²) >= 11 is 0. The molecule has 0 bridgehead atoms. The van der Waals surface area contributed by atoms with Gasteiger partial charge >= 0.3 is 0 Å². The predicted molar refractivity (Wildman–Crippen MR) is 65.0 cm³/mol. The highest BCUT2D eigenvalue weighted by Gasteiger charge is 1.82. The summed E-state index contributed by atoms with van der Waals surface area (Å²) in [5.74, 6) is 0. The van der Waals surface area contributed by atoms with Gasteiger partial charge in [0.05, 0.1) is 0 Å². The molecule has 76 valence electrons. The van der Waals surface area contributed by atoms with Crippen LogP contribution in [0.25, 0.3) is 0 Å². The van der Waals surface area contributed by atoms with Gasteiger partial charge in [0.1, 0.15) is 0 Å². The maximum absolute atomic E-state index is 5.56. The van der Waals surface area contributed by atoms with Crippen LogP contribution in [0.3, 0.4) is 0 Å². The van der Waals surface area contributed by atoms with E-state index in [1.807, 2.05) is 56.4 Å². The molecule has 0 aromatic heterocycles. The van der Waals surface area contributed by atoms with Crippen LogP contribution in [0.15, 0.2) is 60.8 Å². The van der Waals surface area contributed by atoms with Crippen molar-refractivity contribution in [3.8, 4) is 0 Å². The first kappa shape index (κ1) is 12.7. The van der Waals surface area contributed by atoms with Gasteiger partial charge in [0, 0.05) is 6.04 Å². The summed E-state index contributed by atoms with van der Waals surface area (Å²) in [6, 6.07) is 0.105. The number of rotatable bonds is 5. The lowest BCUT2D eigenvalue weighted by Gasteiger charge is -1.92. The van der Waals surface area contributed by atoms with Crippen LogP contribution in [0, 0.1) is 0 Å². The lowest BCUT2D eigenvalue weighted by molar-refractivity contribution is 0.926. The summed E-state index contributed by atoms with van der Waals surface area (Å²) < 4.78 is 0. The molecule has 1 heteroatoms. The zero-order chi connectivity index (χ0) is 10.8. The molecule has 0 radical (unpaired) electrons. The van der Waals surface area contributed by atoms with E-state index < -0.39 is 0 Å². The summed E-state index contributed by atoms with van der Waals surface area (Å²) in [6.45, 7) is 7.59. The summed E-state index contributed by atoms with van der Waals surface area (Å²) in [5.41, 5.74) is 6.68. The van der Waals surface area contributed by atoms with E-state index >= 15 is 0 Å². The third kappa shape index (κ3) is 7.32. The fraction of sp³-hybridized carbons (Fsp3) is 0.231. The summed E-state index contributed by atoms with van der Waals surface area (Å²) in [7, 11) is 0. The molecular formula is C13H19N. The highest BCUT2D eigenvalue weighted by atomic mass is 14.6. The van der Waals surface area contributed by atoms with Gasteiger partial charge in [0.25, 0.3) is 0 Å². The maximum Gasteiger partial charge on any atom is 0.0197 e. The monoisotopic (exact) mass is 189 g/mol. The Bertz CT molecular complexity index is 265. The Balaban J connectivity index is 4.30. The Hall–Kier alpha value is -1.34. The van der Waals surface area contributed by atoms with Crippen LogP contribution in [-0.4, -0.2) is 6.04 Å². The van der Waals surface area contributed by atoms with Gasteiger partial charge in [-0.3, -0.25) is 0 Å². The Morgan fingerprint density at radius 1 is 1.29 bits per heavy atom. The Morgan fingerprint density at radius 3 is 2.50 bits per heavy atom. The molecule has 0 saturated heterocycles. The second-order valence-electron chi connectivity index (χ2n) is 3.01. The second-order valence-corrected chi connectivity index (χ2v) is 3.01. The van der Waals surface area contributed by atoms with Gasteiger partial charge < -0.3 is 5.73 Å². The molecule has 2 N–H and O–H groups in total. The molecule has 1 nitrogen and oxygen atoms in total. The van der Waals surface area contributed by atoms with Gasteiger partial charge in [-0.15, -0.1) is 0 Å². The van der Waals surface area contributed by atoms with E-state index in [2.05, 4.69) is 6.58 Å². The van der Waals surface area contributed by atoms with E-state index in [9.17, 15) is 0 Å². The average Bonchev–Trinajstić information content (AvgIpc) is 2.12. The summed E-state index contributed by atoms with van der Waals surface area (Å²) in [4.78, 5) is 0. The molecule has 0 fully saturated rings. The minimum atomic E-state index is 0.105. The molecule has 0 aliphatic rings. The van der Waals surface area contributed by atoms with Crippen LogP contribution in [0.4, 0.5) is 0 Å². The summed E-state index contributed by atoms with van der Waals surface area (Å²) in [5, 5.41) is 0. The topological polar surface area (TPSA) is 26.0 Å². The highest BCUT2D eigenvalue weighted by molar-refractivity contribution is 5.34. The average molecular weight is 189 g/mol. The van der Waals surface area contributed by atoms with Gasteiger partial charge in [-0.1, -0.05) is 55.2 Å². The Labute approximate surface area is 87.0 Å². The van der Waals surface area contributed by atoms with E-state index in [0.717, 1.165) is 5.57 Å². The van der Waals surface area contributed by atoms with E-state index in [0.29, 0.717) is 0 Å². The van der Waals surface area contributed by atoms with Gasteiger partial charge in [0.2, 0.25) is 0 Å². The lowest BCUT2D eigenvalue weighted by atomic mass is 10.2.